The Morgan fingerprint density at radius 2 is 1.86 bits per heavy atom. The van der Waals surface area contributed by atoms with E-state index in [9.17, 15) is 9.59 Å². The molecule has 0 N–H and O–H groups in total. The SMILES string of the molecule is CCOc1ccc(C2C3=C(OC4CCCCC4C3=O)C(=O)N2CCN(C)C)cc1. The maximum atomic E-state index is 13.5. The highest BCUT2D eigenvalue weighted by Gasteiger charge is 2.51. The van der Waals surface area contributed by atoms with Crippen LogP contribution in [0.2, 0.25) is 0 Å². The molecule has 1 fully saturated rings. The van der Waals surface area contributed by atoms with Crippen molar-refractivity contribution in [2.45, 2.75) is 44.8 Å². The van der Waals surface area contributed by atoms with Gasteiger partial charge < -0.3 is 19.3 Å². The van der Waals surface area contributed by atoms with Gasteiger partial charge in [-0.2, -0.15) is 0 Å². The molecule has 6 nitrogen and oxygen atoms in total. The van der Waals surface area contributed by atoms with Crippen LogP contribution in [0.3, 0.4) is 0 Å². The van der Waals surface area contributed by atoms with Crippen molar-refractivity contribution < 1.29 is 19.1 Å². The number of hydrogen-bond donors (Lipinski definition) is 0. The molecule has 1 aliphatic carbocycles. The molecule has 1 saturated carbocycles. The van der Waals surface area contributed by atoms with Crippen LogP contribution in [-0.4, -0.2) is 61.4 Å². The Hall–Kier alpha value is -2.34. The van der Waals surface area contributed by atoms with Crippen LogP contribution in [0, 0.1) is 5.92 Å². The molecule has 0 saturated heterocycles. The third-order valence-electron chi connectivity index (χ3n) is 6.15. The molecule has 0 bridgehead atoms. The molecule has 3 aliphatic rings. The van der Waals surface area contributed by atoms with E-state index in [-0.39, 0.29) is 35.5 Å². The first-order valence-electron chi connectivity index (χ1n) is 10.6. The van der Waals surface area contributed by atoms with Gasteiger partial charge in [-0.05, 0) is 58.0 Å². The number of rotatable bonds is 6. The second-order valence-electron chi connectivity index (χ2n) is 8.36. The average Bonchev–Trinajstić information content (AvgIpc) is 2.99. The van der Waals surface area contributed by atoms with E-state index in [2.05, 4.69) is 0 Å². The predicted octanol–water partition coefficient (Wildman–Crippen LogP) is 2.94. The summed E-state index contributed by atoms with van der Waals surface area (Å²) in [5.74, 6) is 0.909. The highest BCUT2D eigenvalue weighted by Crippen LogP contribution is 2.46. The summed E-state index contributed by atoms with van der Waals surface area (Å²) < 4.78 is 11.7. The van der Waals surface area contributed by atoms with E-state index in [0.29, 0.717) is 18.7 Å². The van der Waals surface area contributed by atoms with E-state index < -0.39 is 0 Å². The van der Waals surface area contributed by atoms with Gasteiger partial charge in [0.15, 0.2) is 11.5 Å². The van der Waals surface area contributed by atoms with Crippen LogP contribution in [-0.2, 0) is 14.3 Å². The van der Waals surface area contributed by atoms with Gasteiger partial charge in [0.1, 0.15) is 11.9 Å². The fourth-order valence-electron chi connectivity index (χ4n) is 4.69. The first-order valence-corrected chi connectivity index (χ1v) is 10.6. The lowest BCUT2D eigenvalue weighted by Gasteiger charge is -2.35. The summed E-state index contributed by atoms with van der Waals surface area (Å²) in [6.07, 6.45) is 3.66. The smallest absolute Gasteiger partial charge is 0.290 e. The van der Waals surface area contributed by atoms with Gasteiger partial charge in [-0.3, -0.25) is 9.59 Å². The van der Waals surface area contributed by atoms with Gasteiger partial charge in [0, 0.05) is 13.1 Å². The molecule has 2 aliphatic heterocycles. The van der Waals surface area contributed by atoms with E-state index in [4.69, 9.17) is 9.47 Å². The number of hydrogen-bond acceptors (Lipinski definition) is 5. The van der Waals surface area contributed by atoms with Gasteiger partial charge >= 0.3 is 0 Å². The van der Waals surface area contributed by atoms with Crippen LogP contribution in [0.15, 0.2) is 35.6 Å². The number of ketones is 1. The molecule has 1 aromatic carbocycles. The Morgan fingerprint density at radius 1 is 1.14 bits per heavy atom. The van der Waals surface area contributed by atoms with Crippen molar-refractivity contribution in [3.05, 3.63) is 41.2 Å². The van der Waals surface area contributed by atoms with Crippen molar-refractivity contribution in [2.75, 3.05) is 33.8 Å². The van der Waals surface area contributed by atoms with E-state index >= 15 is 0 Å². The molecule has 3 unspecified atom stereocenters. The van der Waals surface area contributed by atoms with Crippen molar-refractivity contribution in [2.24, 2.45) is 5.92 Å². The summed E-state index contributed by atoms with van der Waals surface area (Å²) in [5, 5.41) is 0. The first kappa shape index (κ1) is 20.0. The molecular weight excluding hydrogens is 368 g/mol. The Labute approximate surface area is 172 Å². The van der Waals surface area contributed by atoms with Crippen molar-refractivity contribution in [1.82, 2.24) is 9.80 Å². The van der Waals surface area contributed by atoms with Gasteiger partial charge in [0.05, 0.1) is 24.1 Å². The molecule has 0 aromatic heterocycles. The molecular formula is C23H30N2O4. The number of benzene rings is 1. The number of Topliss-reactive ketones (excluding diaryl/α,β-unsaturated/α-hetero) is 1. The molecule has 4 rings (SSSR count). The number of ether oxygens (including phenoxy) is 2. The summed E-state index contributed by atoms with van der Waals surface area (Å²) in [7, 11) is 3.96. The Bertz CT molecular complexity index is 815. The molecule has 0 spiro atoms. The minimum absolute atomic E-state index is 0.107. The highest BCUT2D eigenvalue weighted by molar-refractivity contribution is 6.11. The van der Waals surface area contributed by atoms with Gasteiger partial charge in [-0.1, -0.05) is 18.6 Å². The normalized spacial score (nSPS) is 26.5. The third kappa shape index (κ3) is 3.66. The fraction of sp³-hybridized carbons (Fsp3) is 0.565. The first-order chi connectivity index (χ1) is 14.0. The zero-order chi connectivity index (χ0) is 20.5. The van der Waals surface area contributed by atoms with E-state index in [0.717, 1.165) is 43.5 Å². The van der Waals surface area contributed by atoms with Crippen LogP contribution >= 0.6 is 0 Å². The van der Waals surface area contributed by atoms with Gasteiger partial charge in [-0.15, -0.1) is 0 Å². The number of nitrogens with zero attached hydrogens (tertiary/aromatic N) is 2. The Balaban J connectivity index is 1.71. The van der Waals surface area contributed by atoms with Crippen LogP contribution < -0.4 is 4.74 Å². The second-order valence-corrected chi connectivity index (χ2v) is 8.36. The van der Waals surface area contributed by atoms with Crippen LogP contribution in [0.25, 0.3) is 0 Å². The predicted molar refractivity (Wildman–Crippen MR) is 109 cm³/mol. The summed E-state index contributed by atoms with van der Waals surface area (Å²) in [6, 6.07) is 7.35. The second kappa shape index (κ2) is 8.19. The molecule has 1 aromatic rings. The van der Waals surface area contributed by atoms with Crippen molar-refractivity contribution in [3.63, 3.8) is 0 Å². The summed E-state index contributed by atoms with van der Waals surface area (Å²) in [5.41, 5.74) is 1.48. The Kier molecular flexibility index (Phi) is 5.63. The van der Waals surface area contributed by atoms with Crippen molar-refractivity contribution >= 4 is 11.7 Å². The lowest BCUT2D eigenvalue weighted by Crippen LogP contribution is -2.39. The van der Waals surface area contributed by atoms with E-state index in [1.165, 1.54) is 0 Å². The monoisotopic (exact) mass is 398 g/mol. The minimum atomic E-state index is -0.386. The number of carbonyl (C=O) groups is 2. The van der Waals surface area contributed by atoms with Crippen LogP contribution in [0.4, 0.5) is 0 Å². The lowest BCUT2D eigenvalue weighted by molar-refractivity contribution is -0.135. The largest absolute Gasteiger partial charge is 0.494 e. The quantitative estimate of drug-likeness (QED) is 0.737. The van der Waals surface area contributed by atoms with Crippen LogP contribution in [0.5, 0.6) is 5.75 Å². The van der Waals surface area contributed by atoms with Crippen LogP contribution in [0.1, 0.15) is 44.2 Å². The molecule has 3 atom stereocenters. The van der Waals surface area contributed by atoms with Crippen molar-refractivity contribution in [3.8, 4) is 5.75 Å². The van der Waals surface area contributed by atoms with Gasteiger partial charge in [0.2, 0.25) is 0 Å². The Morgan fingerprint density at radius 3 is 2.55 bits per heavy atom. The molecule has 156 valence electrons. The minimum Gasteiger partial charge on any atom is -0.494 e. The molecule has 1 amide bonds. The summed E-state index contributed by atoms with van der Waals surface area (Å²) >= 11 is 0. The number of carbonyl (C=O) groups excluding carboxylic acids is 2. The highest BCUT2D eigenvalue weighted by atomic mass is 16.5. The fourth-order valence-corrected chi connectivity index (χ4v) is 4.69. The maximum Gasteiger partial charge on any atom is 0.290 e. The zero-order valence-electron chi connectivity index (χ0n) is 17.5. The third-order valence-corrected chi connectivity index (χ3v) is 6.15. The van der Waals surface area contributed by atoms with Gasteiger partial charge in [-0.25, -0.2) is 0 Å². The van der Waals surface area contributed by atoms with E-state index in [1.54, 1.807) is 4.90 Å². The molecule has 29 heavy (non-hydrogen) atoms. The van der Waals surface area contributed by atoms with E-state index in [1.807, 2.05) is 50.2 Å². The van der Waals surface area contributed by atoms with Crippen molar-refractivity contribution in [1.29, 1.82) is 0 Å². The molecule has 2 heterocycles. The van der Waals surface area contributed by atoms with Gasteiger partial charge in [0.25, 0.3) is 5.91 Å². The maximum absolute atomic E-state index is 13.5. The zero-order valence-corrected chi connectivity index (χ0v) is 17.5. The topological polar surface area (TPSA) is 59.1 Å². The number of amides is 1. The average molecular weight is 399 g/mol. The molecule has 6 heteroatoms. The number of likely N-dealkylation sites (N-methyl/N-ethyl adjacent to an activating group) is 1. The summed E-state index contributed by atoms with van der Waals surface area (Å²) in [4.78, 5) is 30.6. The lowest BCUT2D eigenvalue weighted by atomic mass is 9.77. The standard InChI is InChI=1S/C23H30N2O4/c1-4-28-16-11-9-15(10-12-16)20-19-21(26)17-7-5-6-8-18(17)29-22(19)23(27)25(20)14-13-24(2)3/h9-12,17-18,20H,4-8,13-14H2,1-3H3. The number of fused-ring (bicyclic) bond motifs is 1. The molecule has 0 radical (unpaired) electrons. The summed E-state index contributed by atoms with van der Waals surface area (Å²) in [6.45, 7) is 3.81.